The van der Waals surface area contributed by atoms with Crippen molar-refractivity contribution in [1.29, 1.82) is 0 Å². The first kappa shape index (κ1) is 30.9. The van der Waals surface area contributed by atoms with Crippen molar-refractivity contribution >= 4 is 46.7 Å². The Hall–Kier alpha value is -2.61. The molecule has 6 nitrogen and oxygen atoms in total. The molecule has 9 heteroatoms. The summed E-state index contributed by atoms with van der Waals surface area (Å²) in [5.41, 5.74) is 2.68. The van der Waals surface area contributed by atoms with Crippen LogP contribution >= 0.6 is 23.2 Å². The molecule has 3 aromatic carbocycles. The van der Waals surface area contributed by atoms with Gasteiger partial charge in [-0.1, -0.05) is 77.8 Å². The van der Waals surface area contributed by atoms with E-state index in [4.69, 9.17) is 28.3 Å². The van der Waals surface area contributed by atoms with E-state index < -0.39 is 18.1 Å². The second kappa shape index (κ2) is 14.1. The molecule has 0 saturated heterocycles. The van der Waals surface area contributed by atoms with Gasteiger partial charge in [0.05, 0.1) is 11.7 Å². The van der Waals surface area contributed by atoms with Gasteiger partial charge in [-0.05, 0) is 60.7 Å². The molecule has 0 aromatic heterocycles. The number of nitrogens with zero attached hydrogens (tertiary/aromatic N) is 2. The normalized spacial score (nSPS) is 16.3. The summed E-state index contributed by atoms with van der Waals surface area (Å²) in [6.45, 7) is 2.16. The van der Waals surface area contributed by atoms with Crippen LogP contribution in [0.1, 0.15) is 56.4 Å². The van der Waals surface area contributed by atoms with Crippen molar-refractivity contribution in [2.45, 2.75) is 38.3 Å². The molecule has 39 heavy (non-hydrogen) atoms. The first-order chi connectivity index (χ1) is 18.3. The molecule has 2 amide bonds. The molecule has 1 unspecified atom stereocenters. The molecule has 1 aliphatic heterocycles. The summed E-state index contributed by atoms with van der Waals surface area (Å²) in [6, 6.07) is 22.0. The smallest absolute Gasteiger partial charge is 1.00 e. The van der Waals surface area contributed by atoms with E-state index in [0.29, 0.717) is 34.1 Å². The Kier molecular flexibility index (Phi) is 11.2. The predicted octanol–water partition coefficient (Wildman–Crippen LogP) is 3.88. The van der Waals surface area contributed by atoms with Gasteiger partial charge in [0.1, 0.15) is 6.04 Å². The number of benzene rings is 3. The fourth-order valence-corrected chi connectivity index (χ4v) is 4.92. The van der Waals surface area contributed by atoms with Crippen LogP contribution in [-0.2, 0) is 14.4 Å². The van der Waals surface area contributed by atoms with Crippen molar-refractivity contribution in [3.63, 3.8) is 0 Å². The minimum atomic E-state index is -0.928. The quantitative estimate of drug-likeness (QED) is 0.311. The van der Waals surface area contributed by atoms with Gasteiger partial charge < -0.3 is 16.3 Å². The Bertz CT molecular complexity index is 1340. The maximum atomic E-state index is 14.4. The Morgan fingerprint density at radius 2 is 1.51 bits per heavy atom. The summed E-state index contributed by atoms with van der Waals surface area (Å²) in [6.07, 6.45) is 2.39. The zero-order chi connectivity index (χ0) is 27.2. The molecule has 0 bridgehead atoms. The molecule has 1 N–H and O–H groups in total. The molecule has 4 rings (SSSR count). The summed E-state index contributed by atoms with van der Waals surface area (Å²) >= 11 is 12.3. The average molecular weight is 575 g/mol. The zero-order valence-corrected chi connectivity index (χ0v) is 25.4. The summed E-state index contributed by atoms with van der Waals surface area (Å²) in [4.78, 5) is 42.7. The first-order valence-electron chi connectivity index (χ1n) is 12.4. The summed E-state index contributed by atoms with van der Waals surface area (Å²) in [7, 11) is 0. The minimum absolute atomic E-state index is 0. The fraction of sp³-hybridized carbons (Fsp3) is 0.233. The molecular weight excluding hydrogens is 546 g/mol. The van der Waals surface area contributed by atoms with Crippen molar-refractivity contribution in [3.8, 4) is 0 Å². The number of unbranched alkanes of at least 4 members (excludes halogenated alkanes) is 1. The Balaban J connectivity index is 0.00000280. The van der Waals surface area contributed by atoms with E-state index in [-0.39, 0.29) is 55.8 Å². The number of carboxylic acid groups (broad SMARTS) is 1. The second-order valence-corrected chi connectivity index (χ2v) is 10.0. The van der Waals surface area contributed by atoms with Crippen LogP contribution in [0.4, 0.5) is 0 Å². The third-order valence-electron chi connectivity index (χ3n) is 6.63. The van der Waals surface area contributed by atoms with E-state index in [1.54, 1.807) is 46.2 Å². The molecule has 0 fully saturated rings. The molecule has 198 valence electrons. The van der Waals surface area contributed by atoms with Crippen LogP contribution in [0.3, 0.4) is 0 Å². The second-order valence-electron chi connectivity index (χ2n) is 9.16. The van der Waals surface area contributed by atoms with Gasteiger partial charge in [-0.2, -0.15) is 0 Å². The summed E-state index contributed by atoms with van der Waals surface area (Å²) in [5.74, 6) is -1.47. The molecule has 0 aliphatic carbocycles. The Morgan fingerprint density at radius 1 is 0.923 bits per heavy atom. The summed E-state index contributed by atoms with van der Waals surface area (Å²) < 4.78 is 0. The van der Waals surface area contributed by atoms with Gasteiger partial charge in [0.25, 0.3) is 5.91 Å². The third-order valence-corrected chi connectivity index (χ3v) is 7.13. The molecule has 3 aromatic rings. The monoisotopic (exact) mass is 574 g/mol. The van der Waals surface area contributed by atoms with E-state index >= 15 is 0 Å². The van der Waals surface area contributed by atoms with E-state index in [9.17, 15) is 14.4 Å². The largest absolute Gasteiger partial charge is 1.00 e. The van der Waals surface area contributed by atoms with Crippen LogP contribution in [0.2, 0.25) is 10.0 Å². The molecule has 1 heterocycles. The van der Waals surface area contributed by atoms with E-state index in [1.165, 1.54) is 6.08 Å². The maximum absolute atomic E-state index is 14.4. The van der Waals surface area contributed by atoms with Crippen molar-refractivity contribution in [2.24, 2.45) is 0 Å². The minimum Gasteiger partial charge on any atom is -1.00 e. The SMILES string of the molecule is C[C@H](c1ccc(Cl)cc1)N1C(=O)C=C(c2ccccc2)N(CCCCC(=O)O)C(=O)C1c1ccc(Cl)cc1.[H-].[Na+]. The molecule has 0 saturated carbocycles. The fourth-order valence-electron chi connectivity index (χ4n) is 4.67. The third kappa shape index (κ3) is 7.53. The van der Waals surface area contributed by atoms with Gasteiger partial charge in [-0.15, -0.1) is 0 Å². The number of rotatable bonds is 9. The van der Waals surface area contributed by atoms with Gasteiger partial charge in [-0.25, -0.2) is 0 Å². The van der Waals surface area contributed by atoms with Gasteiger partial charge in [-0.3, -0.25) is 14.4 Å². The first-order valence-corrected chi connectivity index (χ1v) is 13.2. The number of aliphatic carboxylic acids is 1. The van der Waals surface area contributed by atoms with Crippen LogP contribution in [0.25, 0.3) is 5.70 Å². The van der Waals surface area contributed by atoms with E-state index in [0.717, 1.165) is 11.1 Å². The molecule has 1 aliphatic rings. The van der Waals surface area contributed by atoms with Gasteiger partial charge in [0.2, 0.25) is 5.91 Å². The number of hydrogen-bond donors (Lipinski definition) is 1. The van der Waals surface area contributed by atoms with Crippen LogP contribution < -0.4 is 29.6 Å². The number of hydrogen-bond acceptors (Lipinski definition) is 3. The molecule has 0 radical (unpaired) electrons. The number of carbonyl (C=O) groups excluding carboxylic acids is 2. The predicted molar refractivity (Wildman–Crippen MR) is 150 cm³/mol. The topological polar surface area (TPSA) is 77.9 Å². The van der Waals surface area contributed by atoms with Crippen molar-refractivity contribution in [3.05, 3.63) is 112 Å². The van der Waals surface area contributed by atoms with Gasteiger partial charge in [0, 0.05) is 29.1 Å². The molecule has 0 spiro atoms. The van der Waals surface area contributed by atoms with Crippen LogP contribution in [0.5, 0.6) is 0 Å². The Morgan fingerprint density at radius 3 is 2.10 bits per heavy atom. The standard InChI is InChI=1S/C30H28Cl2N2O4.Na.H/c1-20(21-10-14-24(31)15-11-21)34-27(35)19-26(22-7-3-2-4-8-22)33(18-6-5-9-28(36)37)30(38)29(34)23-12-16-25(32)17-13-23;;/h2-4,7-8,10-17,19-20,29H,5-6,9,18H2,1H3,(H,36,37);;/q;+1;-1/t20-,29?;;/m1../s1. The van der Waals surface area contributed by atoms with Crippen LogP contribution in [0.15, 0.2) is 84.9 Å². The summed E-state index contributed by atoms with van der Waals surface area (Å²) in [5, 5.41) is 10.2. The maximum Gasteiger partial charge on any atom is 1.00 e. The molecular formula is C30H29Cl2N2NaO4. The van der Waals surface area contributed by atoms with E-state index in [1.807, 2.05) is 49.4 Å². The molecule has 2 atom stereocenters. The van der Waals surface area contributed by atoms with Crippen molar-refractivity contribution in [1.82, 2.24) is 9.80 Å². The van der Waals surface area contributed by atoms with Crippen molar-refractivity contribution < 1.29 is 50.5 Å². The Labute approximate surface area is 262 Å². The zero-order valence-electron chi connectivity index (χ0n) is 22.9. The average Bonchev–Trinajstić information content (AvgIpc) is 3.01. The van der Waals surface area contributed by atoms with E-state index in [2.05, 4.69) is 0 Å². The van der Waals surface area contributed by atoms with Gasteiger partial charge >= 0.3 is 35.5 Å². The number of carboxylic acids is 1. The van der Waals surface area contributed by atoms with Gasteiger partial charge in [0.15, 0.2) is 0 Å². The number of halogens is 2. The van der Waals surface area contributed by atoms with Crippen LogP contribution in [-0.4, -0.2) is 39.2 Å². The number of amides is 2. The van der Waals surface area contributed by atoms with Crippen molar-refractivity contribution in [2.75, 3.05) is 6.54 Å². The number of carbonyl (C=O) groups is 3. The van der Waals surface area contributed by atoms with Crippen LogP contribution in [0, 0.1) is 0 Å².